The van der Waals surface area contributed by atoms with E-state index in [1.165, 1.54) is 0 Å². The summed E-state index contributed by atoms with van der Waals surface area (Å²) in [5, 5.41) is 0. The molecule has 0 bridgehead atoms. The van der Waals surface area contributed by atoms with Crippen LogP contribution in [0.5, 0.6) is 0 Å². The van der Waals surface area contributed by atoms with Crippen molar-refractivity contribution in [2.75, 3.05) is 0 Å². The van der Waals surface area contributed by atoms with Crippen LogP contribution in [0.25, 0.3) is 0 Å². The first-order valence-corrected chi connectivity index (χ1v) is 6.16. The van der Waals surface area contributed by atoms with Gasteiger partial charge in [0.15, 0.2) is 0 Å². The summed E-state index contributed by atoms with van der Waals surface area (Å²) in [4.78, 5) is 0.827. The second kappa shape index (κ2) is 3.07. The Bertz CT molecular complexity index is 374. The molecule has 1 aliphatic rings. The van der Waals surface area contributed by atoms with Crippen LogP contribution in [0.4, 0.5) is 0 Å². The van der Waals surface area contributed by atoms with Crippen molar-refractivity contribution in [3.05, 3.63) is 30.3 Å². The van der Waals surface area contributed by atoms with E-state index >= 15 is 0 Å². The summed E-state index contributed by atoms with van der Waals surface area (Å²) >= 11 is 6.32. The summed E-state index contributed by atoms with van der Waals surface area (Å²) in [7, 11) is -1.09. The minimum atomic E-state index is -1.09. The third kappa shape index (κ3) is 1.41. The number of rotatable bonds is 2. The van der Waals surface area contributed by atoms with E-state index in [1.807, 2.05) is 30.3 Å². The molecule has 0 spiro atoms. The first-order chi connectivity index (χ1) is 6.47. The highest BCUT2D eigenvalue weighted by atomic mass is 35.5. The van der Waals surface area contributed by atoms with Crippen molar-refractivity contribution in [3.63, 3.8) is 0 Å². The molecule has 1 aromatic rings. The van der Waals surface area contributed by atoms with Gasteiger partial charge < -0.3 is 0 Å². The first-order valence-electron chi connectivity index (χ1n) is 4.63. The van der Waals surface area contributed by atoms with Crippen molar-refractivity contribution in [1.82, 2.24) is 0 Å². The Morgan fingerprint density at radius 1 is 1.29 bits per heavy atom. The fraction of sp³-hybridized carbons (Fsp3) is 0.455. The topological polar surface area (TPSA) is 17.1 Å². The molecule has 1 aliphatic carbocycles. The highest BCUT2D eigenvalue weighted by molar-refractivity contribution is 7.88. The maximum absolute atomic E-state index is 12.1. The predicted octanol–water partition coefficient (Wildman–Crippen LogP) is 3.16. The van der Waals surface area contributed by atoms with Gasteiger partial charge in [0.2, 0.25) is 0 Å². The highest BCUT2D eigenvalue weighted by Crippen LogP contribution is 2.63. The van der Waals surface area contributed by atoms with Gasteiger partial charge in [-0.1, -0.05) is 32.0 Å². The second-order valence-electron chi connectivity index (χ2n) is 4.37. The van der Waals surface area contributed by atoms with Crippen LogP contribution in [0, 0.1) is 5.41 Å². The maximum Gasteiger partial charge on any atom is 0.130 e. The highest BCUT2D eigenvalue weighted by Gasteiger charge is 2.64. The van der Waals surface area contributed by atoms with Crippen molar-refractivity contribution in [2.45, 2.75) is 29.4 Å². The predicted molar refractivity (Wildman–Crippen MR) is 59.8 cm³/mol. The molecule has 0 radical (unpaired) electrons. The van der Waals surface area contributed by atoms with E-state index in [0.717, 1.165) is 11.3 Å². The summed E-state index contributed by atoms with van der Waals surface area (Å²) in [6.07, 6.45) is 0.822. The van der Waals surface area contributed by atoms with Crippen LogP contribution < -0.4 is 0 Å². The summed E-state index contributed by atoms with van der Waals surface area (Å²) in [5.74, 6) is 0. The van der Waals surface area contributed by atoms with Crippen molar-refractivity contribution < 1.29 is 4.21 Å². The van der Waals surface area contributed by atoms with E-state index in [-0.39, 0.29) is 5.41 Å². The Labute approximate surface area is 91.9 Å². The van der Waals surface area contributed by atoms with Crippen LogP contribution in [0.2, 0.25) is 0 Å². The largest absolute Gasteiger partial charge is 0.252 e. The van der Waals surface area contributed by atoms with Gasteiger partial charge >= 0.3 is 0 Å². The third-order valence-electron chi connectivity index (χ3n) is 2.81. The molecule has 76 valence electrons. The van der Waals surface area contributed by atoms with Gasteiger partial charge in [0.1, 0.15) is 4.21 Å². The minimum Gasteiger partial charge on any atom is -0.252 e. The summed E-state index contributed by atoms with van der Waals surface area (Å²) < 4.78 is 11.6. The molecule has 2 atom stereocenters. The molecule has 1 saturated carbocycles. The zero-order valence-corrected chi connectivity index (χ0v) is 9.86. The average molecular weight is 229 g/mol. The van der Waals surface area contributed by atoms with Gasteiger partial charge in [-0.05, 0) is 24.0 Å². The first kappa shape index (κ1) is 10.2. The Morgan fingerprint density at radius 3 is 2.21 bits per heavy atom. The molecule has 0 aromatic heterocycles. The molecule has 0 amide bonds. The van der Waals surface area contributed by atoms with Crippen LogP contribution >= 0.6 is 11.6 Å². The smallest absolute Gasteiger partial charge is 0.130 e. The summed E-state index contributed by atoms with van der Waals surface area (Å²) in [5.41, 5.74) is -0.00470. The van der Waals surface area contributed by atoms with Crippen LogP contribution in [0.3, 0.4) is 0 Å². The number of benzene rings is 1. The quantitative estimate of drug-likeness (QED) is 0.711. The van der Waals surface area contributed by atoms with E-state index in [2.05, 4.69) is 13.8 Å². The Hall–Kier alpha value is -0.340. The van der Waals surface area contributed by atoms with Crippen molar-refractivity contribution in [3.8, 4) is 0 Å². The SMILES string of the molecule is CC1(C)CC1(Cl)S(=O)c1ccccc1. The lowest BCUT2D eigenvalue weighted by molar-refractivity contribution is 0.625. The molecule has 2 rings (SSSR count). The molecule has 2 unspecified atom stereocenters. The monoisotopic (exact) mass is 228 g/mol. The zero-order chi connectivity index (χ0) is 10.4. The van der Waals surface area contributed by atoms with E-state index in [0.29, 0.717) is 0 Å². The Kier molecular flexibility index (Phi) is 2.24. The molecule has 14 heavy (non-hydrogen) atoms. The van der Waals surface area contributed by atoms with Crippen LogP contribution in [0.15, 0.2) is 35.2 Å². The van der Waals surface area contributed by atoms with Crippen molar-refractivity contribution >= 4 is 22.4 Å². The van der Waals surface area contributed by atoms with Crippen LogP contribution in [-0.4, -0.2) is 8.42 Å². The van der Waals surface area contributed by atoms with Crippen LogP contribution in [0.1, 0.15) is 20.3 Å². The standard InChI is InChI=1S/C11H13ClOS/c1-10(2)8-11(10,12)14(13)9-6-4-3-5-7-9/h3-7H,8H2,1-2H3. The number of alkyl halides is 1. The van der Waals surface area contributed by atoms with Gasteiger partial charge in [-0.25, -0.2) is 0 Å². The van der Waals surface area contributed by atoms with Crippen molar-refractivity contribution in [1.29, 1.82) is 0 Å². The van der Waals surface area contributed by atoms with Gasteiger partial charge in [-0.2, -0.15) is 0 Å². The Morgan fingerprint density at radius 2 is 1.79 bits per heavy atom. The second-order valence-corrected chi connectivity index (χ2v) is 6.95. The number of halogens is 1. The lowest BCUT2D eigenvalue weighted by Gasteiger charge is -2.11. The van der Waals surface area contributed by atoms with Gasteiger partial charge in [0.05, 0.1) is 10.8 Å². The molecule has 0 aliphatic heterocycles. The third-order valence-corrected chi connectivity index (χ3v) is 5.86. The molecule has 0 N–H and O–H groups in total. The van der Waals surface area contributed by atoms with E-state index in [1.54, 1.807) is 0 Å². The average Bonchev–Trinajstić information content (AvgIpc) is 2.68. The molecular weight excluding hydrogens is 216 g/mol. The normalized spacial score (nSPS) is 31.1. The van der Waals surface area contributed by atoms with E-state index in [4.69, 9.17) is 11.6 Å². The number of hydrogen-bond acceptors (Lipinski definition) is 1. The lowest BCUT2D eigenvalue weighted by atomic mass is 10.2. The maximum atomic E-state index is 12.1. The zero-order valence-electron chi connectivity index (χ0n) is 8.29. The lowest BCUT2D eigenvalue weighted by Crippen LogP contribution is -2.15. The molecule has 1 aromatic carbocycles. The van der Waals surface area contributed by atoms with Gasteiger partial charge in [-0.15, -0.1) is 11.6 Å². The van der Waals surface area contributed by atoms with Gasteiger partial charge in [0, 0.05) is 4.90 Å². The Balaban J connectivity index is 2.28. The molecule has 1 nitrogen and oxygen atoms in total. The summed E-state index contributed by atoms with van der Waals surface area (Å²) in [6.45, 7) is 4.11. The van der Waals surface area contributed by atoms with Gasteiger partial charge in [-0.3, -0.25) is 4.21 Å². The fourth-order valence-electron chi connectivity index (χ4n) is 1.57. The molecule has 1 fully saturated rings. The molecule has 0 heterocycles. The van der Waals surface area contributed by atoms with Crippen molar-refractivity contribution in [2.24, 2.45) is 5.41 Å². The molecule has 3 heteroatoms. The molecule has 0 saturated heterocycles. The van der Waals surface area contributed by atoms with Crippen LogP contribution in [-0.2, 0) is 10.8 Å². The summed E-state index contributed by atoms with van der Waals surface area (Å²) in [6, 6.07) is 9.44. The van der Waals surface area contributed by atoms with Gasteiger partial charge in [0.25, 0.3) is 0 Å². The minimum absolute atomic E-state index is 0.00470. The fourth-order valence-corrected chi connectivity index (χ4v) is 3.94. The van der Waals surface area contributed by atoms with E-state index < -0.39 is 15.0 Å². The molecular formula is C11H13ClOS. The number of hydrogen-bond donors (Lipinski definition) is 0. The van der Waals surface area contributed by atoms with E-state index in [9.17, 15) is 4.21 Å².